The first-order valence-corrected chi connectivity index (χ1v) is 14.2. The van der Waals surface area contributed by atoms with Gasteiger partial charge in [-0.05, 0) is 106 Å². The first kappa shape index (κ1) is 38.8. The van der Waals surface area contributed by atoms with Crippen molar-refractivity contribution in [2.75, 3.05) is 0 Å². The van der Waals surface area contributed by atoms with Gasteiger partial charge in [0.25, 0.3) is 0 Å². The number of carbonyl (C=O) groups is 2. The molecule has 2 aromatic rings. The fourth-order valence-corrected chi connectivity index (χ4v) is 4.76. The van der Waals surface area contributed by atoms with Crippen LogP contribution >= 0.6 is 0 Å². The summed E-state index contributed by atoms with van der Waals surface area (Å²) in [6.07, 6.45) is 8.69. The second kappa shape index (κ2) is 19.1. The summed E-state index contributed by atoms with van der Waals surface area (Å²) in [5, 5.41) is 38.9. The topological polar surface area (TPSA) is 145 Å². The van der Waals surface area contributed by atoms with Crippen LogP contribution in [0.5, 0.6) is 11.5 Å². The van der Waals surface area contributed by atoms with Crippen molar-refractivity contribution in [1.29, 1.82) is 0 Å². The van der Waals surface area contributed by atoms with E-state index in [9.17, 15) is 10.2 Å². The van der Waals surface area contributed by atoms with E-state index < -0.39 is 11.9 Å². The first-order valence-electron chi connectivity index (χ1n) is 14.2. The van der Waals surface area contributed by atoms with Gasteiger partial charge in [-0.25, -0.2) is 0 Å². The van der Waals surface area contributed by atoms with E-state index in [1.807, 2.05) is 26.3 Å². The molecule has 2 aromatic carbocycles. The maximum atomic E-state index is 10.5. The van der Waals surface area contributed by atoms with E-state index in [4.69, 9.17) is 29.8 Å². The minimum absolute atomic E-state index is 0. The number of nitrogens with zero attached hydrogens (tertiary/aromatic N) is 2. The SMILES string of the molecule is CC(=O)[O-].CC(=O)[O-].Cc1cc(CC(C)C)cc(C=NC2CCCC2N=Cc2cc(CC(C)C)cc(C)c2O)c1O.[Co+2]. The van der Waals surface area contributed by atoms with Crippen LogP contribution in [-0.2, 0) is 39.2 Å². The Morgan fingerprint density at radius 2 is 1.10 bits per heavy atom. The van der Waals surface area contributed by atoms with Gasteiger partial charge in [-0.15, -0.1) is 0 Å². The molecule has 1 aliphatic carbocycles. The van der Waals surface area contributed by atoms with E-state index in [0.717, 1.165) is 68.2 Å². The van der Waals surface area contributed by atoms with Crippen LogP contribution in [0.4, 0.5) is 0 Å². The Morgan fingerprint density at radius 3 is 1.38 bits per heavy atom. The van der Waals surface area contributed by atoms with E-state index in [0.29, 0.717) is 23.3 Å². The number of aliphatic carboxylic acids is 2. The largest absolute Gasteiger partial charge is 2.00 e. The van der Waals surface area contributed by atoms with Crippen molar-refractivity contribution in [1.82, 2.24) is 0 Å². The Labute approximate surface area is 261 Å². The average Bonchev–Trinajstić information content (AvgIpc) is 3.27. The average molecular weight is 626 g/mol. The van der Waals surface area contributed by atoms with Crippen molar-refractivity contribution in [3.8, 4) is 11.5 Å². The van der Waals surface area contributed by atoms with Crippen molar-refractivity contribution in [3.63, 3.8) is 0 Å². The van der Waals surface area contributed by atoms with Gasteiger partial charge in [0.2, 0.25) is 0 Å². The summed E-state index contributed by atoms with van der Waals surface area (Å²) in [4.78, 5) is 27.5. The fraction of sp³-hybridized carbons (Fsp3) is 0.515. The number of aryl methyl sites for hydroxylation is 2. The fourth-order valence-electron chi connectivity index (χ4n) is 4.76. The van der Waals surface area contributed by atoms with Crippen LogP contribution in [0.1, 0.15) is 94.2 Å². The quantitative estimate of drug-likeness (QED) is 0.423. The number of carboxylic acid groups (broad SMARTS) is 2. The molecule has 1 saturated carbocycles. The second-order valence-electron chi connectivity index (χ2n) is 11.5. The Balaban J connectivity index is 0.00000166. The van der Waals surface area contributed by atoms with Crippen molar-refractivity contribution >= 4 is 24.4 Å². The molecule has 2 N–H and O–H groups in total. The second-order valence-corrected chi connectivity index (χ2v) is 11.5. The maximum absolute atomic E-state index is 10.5. The molecular weight excluding hydrogens is 579 g/mol. The molecule has 0 aliphatic heterocycles. The minimum Gasteiger partial charge on any atom is -0.550 e. The number of phenolic OH excluding ortho intramolecular Hbond substituents is 2. The van der Waals surface area contributed by atoms with Gasteiger partial charge in [0.05, 0.1) is 12.1 Å². The van der Waals surface area contributed by atoms with Crippen LogP contribution in [0.3, 0.4) is 0 Å². The third kappa shape index (κ3) is 14.6. The number of rotatable bonds is 8. The molecule has 0 amide bonds. The van der Waals surface area contributed by atoms with Gasteiger partial charge in [-0.1, -0.05) is 39.8 Å². The summed E-state index contributed by atoms with van der Waals surface area (Å²) in [5.74, 6) is -0.420. The Bertz CT molecular complexity index is 1120. The molecule has 233 valence electrons. The zero-order valence-corrected chi connectivity index (χ0v) is 27.1. The summed E-state index contributed by atoms with van der Waals surface area (Å²) >= 11 is 0. The number of hydrogen-bond acceptors (Lipinski definition) is 8. The molecule has 2 unspecified atom stereocenters. The van der Waals surface area contributed by atoms with Gasteiger partial charge in [-0.2, -0.15) is 0 Å². The van der Waals surface area contributed by atoms with Gasteiger partial charge in [-0.3, -0.25) is 9.98 Å². The Hall–Kier alpha value is -3.17. The maximum Gasteiger partial charge on any atom is 2.00 e. The molecule has 9 heteroatoms. The smallest absolute Gasteiger partial charge is 0.550 e. The summed E-state index contributed by atoms with van der Waals surface area (Å²) in [6.45, 7) is 14.6. The molecule has 42 heavy (non-hydrogen) atoms. The van der Waals surface area contributed by atoms with Crippen LogP contribution in [0.2, 0.25) is 0 Å². The van der Waals surface area contributed by atoms with Crippen LogP contribution in [0.15, 0.2) is 34.3 Å². The molecule has 8 nitrogen and oxygen atoms in total. The molecular formula is C33H46CoN2O6. The first-order chi connectivity index (χ1) is 19.1. The number of carbonyl (C=O) groups excluding carboxylic acids is 2. The molecule has 0 aromatic heterocycles. The normalized spacial score (nSPS) is 16.1. The van der Waals surface area contributed by atoms with E-state index in [1.54, 1.807) is 0 Å². The van der Waals surface area contributed by atoms with Gasteiger partial charge < -0.3 is 30.0 Å². The molecule has 0 heterocycles. The molecule has 1 aliphatic rings. The van der Waals surface area contributed by atoms with Gasteiger partial charge in [0.15, 0.2) is 0 Å². The van der Waals surface area contributed by atoms with Crippen molar-refractivity contribution in [3.05, 3.63) is 57.6 Å². The Kier molecular flexibility index (Phi) is 17.7. The third-order valence-electron chi connectivity index (χ3n) is 6.32. The number of aliphatic imine (C=N–C) groups is 2. The number of hydrogen-bond donors (Lipinski definition) is 2. The van der Waals surface area contributed by atoms with Crippen LogP contribution in [0, 0.1) is 25.7 Å². The van der Waals surface area contributed by atoms with Gasteiger partial charge in [0, 0.05) is 35.5 Å². The molecule has 0 saturated heterocycles. The van der Waals surface area contributed by atoms with Crippen LogP contribution < -0.4 is 10.2 Å². The van der Waals surface area contributed by atoms with E-state index in [1.165, 1.54) is 11.1 Å². The van der Waals surface area contributed by atoms with E-state index >= 15 is 0 Å². The van der Waals surface area contributed by atoms with Crippen molar-refractivity contribution in [2.24, 2.45) is 21.8 Å². The standard InChI is InChI=1S/C29H40N2O2.2C2H4O2.Co/c1-18(2)10-22-12-20(5)28(32)24(14-22)16-30-26-8-7-9-27(26)31-17-25-15-23(11-19(3)4)13-21(6)29(25)33;2*1-2(3)4;/h12-19,26-27,32-33H,7-11H2,1-6H3;2*1H3,(H,3,4);/q;;;+2/p-2. The van der Waals surface area contributed by atoms with Crippen LogP contribution in [0.25, 0.3) is 0 Å². The Morgan fingerprint density at radius 1 is 0.786 bits per heavy atom. The number of phenols is 2. The minimum atomic E-state index is -1.08. The molecule has 1 radical (unpaired) electrons. The predicted molar refractivity (Wildman–Crippen MR) is 161 cm³/mol. The van der Waals surface area contributed by atoms with Gasteiger partial charge >= 0.3 is 16.8 Å². The predicted octanol–water partition coefficient (Wildman–Crippen LogP) is 4.08. The number of aromatic hydroxyl groups is 2. The summed E-state index contributed by atoms with van der Waals surface area (Å²) in [5.41, 5.74) is 5.82. The van der Waals surface area contributed by atoms with E-state index in [-0.39, 0.29) is 28.9 Å². The molecule has 3 rings (SSSR count). The van der Waals surface area contributed by atoms with Crippen LogP contribution in [-0.4, -0.2) is 46.7 Å². The zero-order chi connectivity index (χ0) is 31.3. The third-order valence-corrected chi connectivity index (χ3v) is 6.32. The molecule has 2 atom stereocenters. The van der Waals surface area contributed by atoms with Gasteiger partial charge in [0.1, 0.15) is 11.5 Å². The van der Waals surface area contributed by atoms with Crippen molar-refractivity contribution in [2.45, 2.75) is 99.6 Å². The molecule has 1 fully saturated rings. The number of benzene rings is 2. The summed E-state index contributed by atoms with van der Waals surface area (Å²) in [6, 6.07) is 8.43. The monoisotopic (exact) mass is 625 g/mol. The summed E-state index contributed by atoms with van der Waals surface area (Å²) < 4.78 is 0. The summed E-state index contributed by atoms with van der Waals surface area (Å²) in [7, 11) is 0. The van der Waals surface area contributed by atoms with E-state index in [2.05, 4.69) is 52.0 Å². The molecule has 0 spiro atoms. The number of carboxylic acids is 2. The zero-order valence-electron chi connectivity index (χ0n) is 26.1. The van der Waals surface area contributed by atoms with Crippen molar-refractivity contribution < 1.29 is 46.8 Å². The molecule has 0 bridgehead atoms.